The molecule has 0 radical (unpaired) electrons. The Morgan fingerprint density at radius 3 is 1.47 bits per heavy atom. The van der Waals surface area contributed by atoms with Crippen molar-refractivity contribution in [1.82, 2.24) is 15.0 Å². The number of halogens is 4. The van der Waals surface area contributed by atoms with Crippen molar-refractivity contribution in [2.24, 2.45) is 28.7 Å². The molecule has 2 fully saturated rings. The van der Waals surface area contributed by atoms with Crippen LogP contribution in [0.15, 0.2) is 0 Å². The average molecular weight is 514 g/mol. The number of benzene rings is 1. The Morgan fingerprint density at radius 1 is 0.722 bits per heavy atom. The molecule has 36 heavy (non-hydrogen) atoms. The standard InChI is InChI=1S/C20H27F4N11O/c21-12-11(17(29)36)13(22)15(24)16(14(12)23)30-18-31-19(34-3-7(25)1-8(26)4-34)33-20(32-18)35-5-9(27)2-10(28)6-35/h7-10H,1-6,25-28H2,(H2,29,36)(H,30,31,32,33). The van der Waals surface area contributed by atoms with Crippen molar-refractivity contribution in [2.75, 3.05) is 41.3 Å². The van der Waals surface area contributed by atoms with E-state index in [1.807, 2.05) is 0 Å². The van der Waals surface area contributed by atoms with Crippen LogP contribution in [0, 0.1) is 23.3 Å². The van der Waals surface area contributed by atoms with Gasteiger partial charge in [-0.15, -0.1) is 0 Å². The first-order valence-corrected chi connectivity index (χ1v) is 11.2. The van der Waals surface area contributed by atoms with Crippen LogP contribution in [-0.2, 0) is 0 Å². The summed E-state index contributed by atoms with van der Waals surface area (Å²) in [7, 11) is 0. The predicted molar refractivity (Wildman–Crippen MR) is 123 cm³/mol. The van der Waals surface area contributed by atoms with Gasteiger partial charge in [0.15, 0.2) is 23.3 Å². The Morgan fingerprint density at radius 2 is 1.11 bits per heavy atom. The molecule has 16 heteroatoms. The molecule has 3 heterocycles. The molecule has 196 valence electrons. The van der Waals surface area contributed by atoms with Crippen molar-refractivity contribution < 1.29 is 22.4 Å². The first-order chi connectivity index (χ1) is 16.9. The van der Waals surface area contributed by atoms with Crippen molar-refractivity contribution in [3.05, 3.63) is 28.8 Å². The summed E-state index contributed by atoms with van der Waals surface area (Å²) in [6, 6.07) is -1.16. The van der Waals surface area contributed by atoms with Crippen molar-refractivity contribution in [3.8, 4) is 0 Å². The molecule has 0 spiro atoms. The number of amides is 1. The van der Waals surface area contributed by atoms with Gasteiger partial charge in [-0.25, -0.2) is 17.6 Å². The largest absolute Gasteiger partial charge is 0.365 e. The average Bonchev–Trinajstić information content (AvgIpc) is 2.79. The molecule has 12 nitrogen and oxygen atoms in total. The van der Waals surface area contributed by atoms with Gasteiger partial charge in [-0.1, -0.05) is 0 Å². The number of anilines is 4. The molecular formula is C20H27F4N11O. The summed E-state index contributed by atoms with van der Waals surface area (Å²) >= 11 is 0. The molecular weight excluding hydrogens is 486 g/mol. The van der Waals surface area contributed by atoms with E-state index in [2.05, 4.69) is 20.3 Å². The van der Waals surface area contributed by atoms with Crippen LogP contribution in [0.5, 0.6) is 0 Å². The third-order valence-corrected chi connectivity index (χ3v) is 5.95. The predicted octanol–water partition coefficient (Wildman–Crippen LogP) is -1.00. The van der Waals surface area contributed by atoms with Crippen LogP contribution >= 0.6 is 0 Å². The van der Waals surface area contributed by atoms with E-state index in [1.165, 1.54) is 0 Å². The molecule has 4 rings (SSSR count). The second kappa shape index (κ2) is 9.96. The Labute approximate surface area is 203 Å². The molecule has 2 aliphatic rings. The fourth-order valence-corrected chi connectivity index (χ4v) is 4.45. The minimum absolute atomic E-state index is 0.0660. The number of nitrogens with one attached hydrogen (secondary N) is 1. The lowest BCUT2D eigenvalue weighted by Gasteiger charge is -2.37. The number of hydrogen-bond donors (Lipinski definition) is 6. The van der Waals surface area contributed by atoms with Crippen LogP contribution in [0.4, 0.5) is 41.1 Å². The highest BCUT2D eigenvalue weighted by Crippen LogP contribution is 2.31. The number of carbonyl (C=O) groups is 1. The molecule has 1 amide bonds. The Kier molecular flexibility index (Phi) is 7.12. The first-order valence-electron chi connectivity index (χ1n) is 11.2. The summed E-state index contributed by atoms with van der Waals surface area (Å²) in [5.41, 5.74) is 26.3. The minimum atomic E-state index is -1.96. The summed E-state index contributed by atoms with van der Waals surface area (Å²) in [5, 5.41) is 2.17. The molecule has 1 aromatic heterocycles. The summed E-state index contributed by atoms with van der Waals surface area (Å²) in [6.45, 7) is 1.31. The van der Waals surface area contributed by atoms with Gasteiger partial charge in [0.25, 0.3) is 5.91 Å². The molecule has 2 saturated heterocycles. The zero-order valence-electron chi connectivity index (χ0n) is 19.1. The SMILES string of the molecule is NC(=O)c1c(F)c(F)c(Nc2nc(N3CC(N)CC(N)C3)nc(N3CC(N)CC(N)C3)n2)c(F)c1F. The quantitative estimate of drug-likeness (QED) is 0.211. The number of nitrogens with zero attached hydrogens (tertiary/aromatic N) is 5. The molecule has 11 N–H and O–H groups in total. The molecule has 4 atom stereocenters. The van der Waals surface area contributed by atoms with E-state index >= 15 is 0 Å². The van der Waals surface area contributed by atoms with E-state index in [0.29, 0.717) is 39.0 Å². The number of piperidine rings is 2. The molecule has 2 aliphatic heterocycles. The fraction of sp³-hybridized carbons (Fsp3) is 0.500. The maximum absolute atomic E-state index is 14.7. The monoisotopic (exact) mass is 513 g/mol. The Bertz CT molecular complexity index is 1080. The summed E-state index contributed by atoms with van der Waals surface area (Å²) in [6.07, 6.45) is 1.13. The van der Waals surface area contributed by atoms with Gasteiger partial charge in [-0.2, -0.15) is 15.0 Å². The van der Waals surface area contributed by atoms with Crippen molar-refractivity contribution in [3.63, 3.8) is 0 Å². The van der Waals surface area contributed by atoms with Gasteiger partial charge in [0.2, 0.25) is 17.8 Å². The fourth-order valence-electron chi connectivity index (χ4n) is 4.45. The highest BCUT2D eigenvalue weighted by atomic mass is 19.2. The van der Waals surface area contributed by atoms with Crippen LogP contribution < -0.4 is 43.8 Å². The van der Waals surface area contributed by atoms with Gasteiger partial charge < -0.3 is 43.8 Å². The molecule has 2 aromatic rings. The van der Waals surface area contributed by atoms with E-state index in [9.17, 15) is 22.4 Å². The van der Waals surface area contributed by atoms with Gasteiger partial charge in [-0.3, -0.25) is 4.79 Å². The number of primary amides is 1. The topological polar surface area (TPSA) is 204 Å². The number of rotatable bonds is 5. The van der Waals surface area contributed by atoms with Gasteiger partial charge in [0, 0.05) is 50.3 Å². The van der Waals surface area contributed by atoms with Crippen LogP contribution in [0.2, 0.25) is 0 Å². The normalized spacial score (nSPS) is 24.7. The lowest BCUT2D eigenvalue weighted by molar-refractivity contribution is 0.0990. The maximum Gasteiger partial charge on any atom is 0.254 e. The van der Waals surface area contributed by atoms with Crippen LogP contribution in [0.25, 0.3) is 0 Å². The highest BCUT2D eigenvalue weighted by molar-refractivity contribution is 5.94. The summed E-state index contributed by atoms with van der Waals surface area (Å²) in [4.78, 5) is 27.4. The zero-order valence-corrected chi connectivity index (χ0v) is 19.1. The number of nitrogens with two attached hydrogens (primary N) is 5. The minimum Gasteiger partial charge on any atom is -0.365 e. The zero-order chi connectivity index (χ0) is 26.3. The number of carbonyl (C=O) groups excluding carboxylic acids is 1. The van der Waals surface area contributed by atoms with Crippen molar-refractivity contribution in [2.45, 2.75) is 37.0 Å². The summed E-state index contributed by atoms with van der Waals surface area (Å²) < 4.78 is 58.0. The molecule has 0 saturated carbocycles. The van der Waals surface area contributed by atoms with Crippen molar-refractivity contribution in [1.29, 1.82) is 0 Å². The van der Waals surface area contributed by atoms with E-state index in [-0.39, 0.29) is 36.1 Å². The summed E-state index contributed by atoms with van der Waals surface area (Å²) in [5.74, 6) is -9.65. The second-order valence-electron chi connectivity index (χ2n) is 9.08. The number of hydrogen-bond acceptors (Lipinski definition) is 11. The Balaban J connectivity index is 1.78. The third kappa shape index (κ3) is 5.11. The third-order valence-electron chi connectivity index (χ3n) is 5.95. The van der Waals surface area contributed by atoms with E-state index in [0.717, 1.165) is 0 Å². The smallest absolute Gasteiger partial charge is 0.254 e. The maximum atomic E-state index is 14.7. The van der Waals surface area contributed by atoms with Gasteiger partial charge in [0.1, 0.15) is 11.3 Å². The van der Waals surface area contributed by atoms with Gasteiger partial charge in [-0.05, 0) is 12.8 Å². The lowest BCUT2D eigenvalue weighted by Crippen LogP contribution is -2.54. The molecule has 1 aromatic carbocycles. The molecule has 4 unspecified atom stereocenters. The van der Waals surface area contributed by atoms with E-state index < -0.39 is 46.4 Å². The van der Waals surface area contributed by atoms with E-state index in [1.54, 1.807) is 9.80 Å². The van der Waals surface area contributed by atoms with Gasteiger partial charge >= 0.3 is 0 Å². The van der Waals surface area contributed by atoms with Crippen LogP contribution in [0.1, 0.15) is 23.2 Å². The van der Waals surface area contributed by atoms with Gasteiger partial charge in [0.05, 0.1) is 0 Å². The first kappa shape index (κ1) is 25.7. The highest BCUT2D eigenvalue weighted by Gasteiger charge is 2.31. The van der Waals surface area contributed by atoms with Crippen LogP contribution in [0.3, 0.4) is 0 Å². The molecule has 0 bridgehead atoms. The molecule has 0 aliphatic carbocycles. The van der Waals surface area contributed by atoms with Crippen LogP contribution in [-0.4, -0.2) is 71.2 Å². The number of aromatic nitrogens is 3. The second-order valence-corrected chi connectivity index (χ2v) is 9.08. The van der Waals surface area contributed by atoms with E-state index in [4.69, 9.17) is 28.7 Å². The lowest BCUT2D eigenvalue weighted by atomic mass is 10.0. The Hall–Kier alpha value is -3.34. The van der Waals surface area contributed by atoms with Crippen molar-refractivity contribution >= 4 is 29.4 Å².